The molecular weight excluding hydrogens is 260 g/mol. The van der Waals surface area contributed by atoms with Gasteiger partial charge in [-0.15, -0.1) is 0 Å². The number of hydrogen-bond donors (Lipinski definition) is 0. The van der Waals surface area contributed by atoms with Crippen molar-refractivity contribution in [1.29, 1.82) is 0 Å². The van der Waals surface area contributed by atoms with Crippen molar-refractivity contribution < 1.29 is 9.53 Å². The minimum absolute atomic E-state index is 0.308. The summed E-state index contributed by atoms with van der Waals surface area (Å²) < 4.78 is 5.42. The van der Waals surface area contributed by atoms with E-state index in [1.807, 2.05) is 37.3 Å². The highest BCUT2D eigenvalue weighted by atomic mass is 16.5. The van der Waals surface area contributed by atoms with Crippen LogP contribution in [0.5, 0.6) is 5.75 Å². The summed E-state index contributed by atoms with van der Waals surface area (Å²) in [6.07, 6.45) is 1.75. The predicted molar refractivity (Wildman–Crippen MR) is 86.5 cm³/mol. The lowest BCUT2D eigenvalue weighted by atomic mass is 10.0. The summed E-state index contributed by atoms with van der Waals surface area (Å²) >= 11 is 0. The molecule has 0 amide bonds. The fourth-order valence-corrected chi connectivity index (χ4v) is 2.35. The molecule has 0 heterocycles. The Labute approximate surface area is 123 Å². The molecule has 0 aliphatic carbocycles. The van der Waals surface area contributed by atoms with Gasteiger partial charge in [-0.25, -0.2) is 4.79 Å². The first-order valence-corrected chi connectivity index (χ1v) is 6.95. The Bertz CT molecular complexity index is 860. The molecule has 21 heavy (non-hydrogen) atoms. The lowest BCUT2D eigenvalue weighted by Gasteiger charge is -2.08. The molecule has 0 unspecified atom stereocenters. The van der Waals surface area contributed by atoms with Crippen molar-refractivity contribution in [3.8, 4) is 5.75 Å². The zero-order chi connectivity index (χ0) is 14.8. The van der Waals surface area contributed by atoms with Crippen LogP contribution in [0.3, 0.4) is 0 Å². The van der Waals surface area contributed by atoms with Crippen molar-refractivity contribution in [2.75, 3.05) is 0 Å². The van der Waals surface area contributed by atoms with Gasteiger partial charge in [-0.2, -0.15) is 0 Å². The minimum Gasteiger partial charge on any atom is -0.423 e. The summed E-state index contributed by atoms with van der Waals surface area (Å²) in [5.74, 6) is 0.266. The first kappa shape index (κ1) is 13.4. The first-order valence-electron chi connectivity index (χ1n) is 6.95. The van der Waals surface area contributed by atoms with Crippen molar-refractivity contribution in [2.45, 2.75) is 13.8 Å². The number of carbonyl (C=O) groups is 1. The molecule has 0 saturated heterocycles. The molecule has 3 aromatic rings. The zero-order valence-corrected chi connectivity index (χ0v) is 12.1. The Balaban J connectivity index is 2.10. The van der Waals surface area contributed by atoms with Crippen LogP contribution in [0.25, 0.3) is 21.5 Å². The number of carbonyl (C=O) groups excluding carboxylic acids is 1. The molecule has 0 spiro atoms. The third-order valence-electron chi connectivity index (χ3n) is 3.68. The molecular formula is C19H16O2. The van der Waals surface area contributed by atoms with E-state index in [4.69, 9.17) is 4.74 Å². The second-order valence-electron chi connectivity index (χ2n) is 5.03. The summed E-state index contributed by atoms with van der Waals surface area (Å²) in [4.78, 5) is 11.9. The van der Waals surface area contributed by atoms with Gasteiger partial charge in [0.25, 0.3) is 0 Å². The topological polar surface area (TPSA) is 26.3 Å². The molecule has 0 aliphatic heterocycles. The maximum absolute atomic E-state index is 11.9. The van der Waals surface area contributed by atoms with Gasteiger partial charge in [0.1, 0.15) is 5.75 Å². The van der Waals surface area contributed by atoms with Gasteiger partial charge in [0.2, 0.25) is 0 Å². The highest BCUT2D eigenvalue weighted by Gasteiger charge is 2.08. The van der Waals surface area contributed by atoms with Crippen LogP contribution >= 0.6 is 0 Å². The van der Waals surface area contributed by atoms with Crippen LogP contribution in [-0.4, -0.2) is 5.97 Å². The Morgan fingerprint density at radius 2 is 1.62 bits per heavy atom. The molecule has 2 nitrogen and oxygen atoms in total. The predicted octanol–water partition coefficient (Wildman–Crippen LogP) is 4.86. The summed E-state index contributed by atoms with van der Waals surface area (Å²) in [6, 6.07) is 18.1. The van der Waals surface area contributed by atoms with E-state index in [0.29, 0.717) is 11.3 Å². The molecule has 0 atom stereocenters. The van der Waals surface area contributed by atoms with E-state index < -0.39 is 0 Å². The molecule has 2 heteroatoms. The van der Waals surface area contributed by atoms with Crippen molar-refractivity contribution in [3.05, 3.63) is 66.2 Å². The molecule has 3 rings (SSSR count). The standard InChI is InChI=1S/C19H16O2/c1-3-13(2)19(20)21-16-11-10-15-9-8-14-6-4-5-7-17(14)18(15)12-16/h3-12H,1-2H3. The van der Waals surface area contributed by atoms with Gasteiger partial charge in [-0.05, 0) is 47.5 Å². The maximum Gasteiger partial charge on any atom is 0.338 e. The summed E-state index contributed by atoms with van der Waals surface area (Å²) in [5.41, 5.74) is 0.605. The second kappa shape index (κ2) is 5.41. The van der Waals surface area contributed by atoms with Crippen molar-refractivity contribution in [2.24, 2.45) is 0 Å². The van der Waals surface area contributed by atoms with Crippen LogP contribution in [0.1, 0.15) is 13.8 Å². The molecule has 0 aromatic heterocycles. The van der Waals surface area contributed by atoms with Crippen LogP contribution < -0.4 is 4.74 Å². The smallest absolute Gasteiger partial charge is 0.338 e. The molecule has 3 aromatic carbocycles. The first-order chi connectivity index (χ1) is 10.2. The molecule has 0 fully saturated rings. The van der Waals surface area contributed by atoms with Gasteiger partial charge in [-0.1, -0.05) is 48.5 Å². The highest BCUT2D eigenvalue weighted by molar-refractivity contribution is 6.08. The highest BCUT2D eigenvalue weighted by Crippen LogP contribution is 2.28. The van der Waals surface area contributed by atoms with E-state index in [2.05, 4.69) is 24.3 Å². The number of hydrogen-bond acceptors (Lipinski definition) is 2. The number of esters is 1. The van der Waals surface area contributed by atoms with E-state index in [9.17, 15) is 4.79 Å². The molecule has 0 N–H and O–H groups in total. The summed E-state index contributed by atoms with van der Waals surface area (Å²) in [7, 11) is 0. The molecule has 0 radical (unpaired) electrons. The maximum atomic E-state index is 11.9. The summed E-state index contributed by atoms with van der Waals surface area (Å²) in [5, 5.41) is 4.57. The number of fused-ring (bicyclic) bond motifs is 3. The normalized spacial score (nSPS) is 11.8. The third-order valence-corrected chi connectivity index (χ3v) is 3.68. The number of rotatable bonds is 2. The van der Waals surface area contributed by atoms with E-state index in [1.165, 1.54) is 5.39 Å². The Morgan fingerprint density at radius 3 is 2.38 bits per heavy atom. The van der Waals surface area contributed by atoms with Crippen LogP contribution in [0.4, 0.5) is 0 Å². The Hall–Kier alpha value is -2.61. The van der Waals surface area contributed by atoms with E-state index in [1.54, 1.807) is 13.0 Å². The van der Waals surface area contributed by atoms with Crippen molar-refractivity contribution >= 4 is 27.5 Å². The average Bonchev–Trinajstić information content (AvgIpc) is 2.53. The Morgan fingerprint density at radius 1 is 0.952 bits per heavy atom. The van der Waals surface area contributed by atoms with Crippen molar-refractivity contribution in [1.82, 2.24) is 0 Å². The fraction of sp³-hybridized carbons (Fsp3) is 0.105. The number of benzene rings is 3. The van der Waals surface area contributed by atoms with Gasteiger partial charge in [0, 0.05) is 5.57 Å². The number of allylic oxidation sites excluding steroid dienone is 1. The molecule has 104 valence electrons. The van der Waals surface area contributed by atoms with E-state index in [-0.39, 0.29) is 5.97 Å². The molecule has 0 bridgehead atoms. The zero-order valence-electron chi connectivity index (χ0n) is 12.1. The number of ether oxygens (including phenoxy) is 1. The lowest BCUT2D eigenvalue weighted by Crippen LogP contribution is -2.08. The summed E-state index contributed by atoms with van der Waals surface area (Å²) in [6.45, 7) is 3.57. The second-order valence-corrected chi connectivity index (χ2v) is 5.03. The quantitative estimate of drug-likeness (QED) is 0.289. The molecule has 0 saturated carbocycles. The van der Waals surface area contributed by atoms with Gasteiger partial charge in [0.15, 0.2) is 0 Å². The largest absolute Gasteiger partial charge is 0.423 e. The average molecular weight is 276 g/mol. The van der Waals surface area contributed by atoms with Gasteiger partial charge in [-0.3, -0.25) is 0 Å². The van der Waals surface area contributed by atoms with Crippen LogP contribution in [0.15, 0.2) is 66.2 Å². The van der Waals surface area contributed by atoms with E-state index >= 15 is 0 Å². The van der Waals surface area contributed by atoms with E-state index in [0.717, 1.165) is 16.2 Å². The van der Waals surface area contributed by atoms with Crippen LogP contribution in [0, 0.1) is 0 Å². The van der Waals surface area contributed by atoms with Crippen LogP contribution in [0.2, 0.25) is 0 Å². The van der Waals surface area contributed by atoms with Gasteiger partial charge in [0.05, 0.1) is 0 Å². The fourth-order valence-electron chi connectivity index (χ4n) is 2.35. The minimum atomic E-state index is -0.308. The van der Waals surface area contributed by atoms with Gasteiger partial charge >= 0.3 is 5.97 Å². The van der Waals surface area contributed by atoms with Gasteiger partial charge < -0.3 is 4.74 Å². The lowest BCUT2D eigenvalue weighted by molar-refractivity contribution is -0.130. The molecule has 0 aliphatic rings. The SMILES string of the molecule is CC=C(C)C(=O)Oc1ccc2ccc3ccccc3c2c1. The Kier molecular flexibility index (Phi) is 3.44. The van der Waals surface area contributed by atoms with Crippen molar-refractivity contribution in [3.63, 3.8) is 0 Å². The third kappa shape index (κ3) is 2.52. The van der Waals surface area contributed by atoms with Crippen LogP contribution in [-0.2, 0) is 4.79 Å². The monoisotopic (exact) mass is 276 g/mol.